The summed E-state index contributed by atoms with van der Waals surface area (Å²) in [5.74, 6) is -0.523. The van der Waals surface area contributed by atoms with Crippen molar-refractivity contribution in [2.24, 2.45) is 5.92 Å². The fraction of sp³-hybridized carbons (Fsp3) is 0.667. The van der Waals surface area contributed by atoms with Crippen LogP contribution in [0.3, 0.4) is 0 Å². The second-order valence-corrected chi connectivity index (χ2v) is 8.27. The van der Waals surface area contributed by atoms with Crippen LogP contribution in [-0.4, -0.2) is 47.2 Å². The molecule has 0 aromatic heterocycles. The van der Waals surface area contributed by atoms with Crippen LogP contribution in [-0.2, 0) is 6.42 Å². The molecule has 1 saturated carbocycles. The topological polar surface area (TPSA) is 52.6 Å². The standard InChI is InChI=1S/C21H30F2N2O2/c1-15-3-2-4-16(13-15)14-21(27)9-11-25(12-10-21)20(26)24-18-7-5-17(6-8-18)19(22)23/h2-4,13,17-19,27H,5-12,14H2,1H3,(H,24,26). The minimum Gasteiger partial charge on any atom is -0.389 e. The van der Waals surface area contributed by atoms with Gasteiger partial charge in [0, 0.05) is 31.5 Å². The van der Waals surface area contributed by atoms with Crippen LogP contribution in [0.2, 0.25) is 0 Å². The largest absolute Gasteiger partial charge is 0.389 e. The van der Waals surface area contributed by atoms with Gasteiger partial charge in [-0.3, -0.25) is 0 Å². The van der Waals surface area contributed by atoms with Crippen molar-refractivity contribution < 1.29 is 18.7 Å². The third kappa shape index (κ3) is 5.41. The fourth-order valence-corrected chi connectivity index (χ4v) is 4.29. The Labute approximate surface area is 159 Å². The number of carbonyl (C=O) groups excluding carboxylic acids is 1. The first kappa shape index (κ1) is 20.1. The molecule has 2 fully saturated rings. The molecule has 1 heterocycles. The molecule has 2 aliphatic rings. The molecule has 0 unspecified atom stereocenters. The van der Waals surface area contributed by atoms with Gasteiger partial charge in [0.15, 0.2) is 0 Å². The Morgan fingerprint density at radius 1 is 1.26 bits per heavy atom. The van der Waals surface area contributed by atoms with Crippen LogP contribution in [0, 0.1) is 12.8 Å². The predicted octanol–water partition coefficient (Wildman–Crippen LogP) is 3.90. The Balaban J connectivity index is 1.45. The van der Waals surface area contributed by atoms with Gasteiger partial charge in [0.05, 0.1) is 5.60 Å². The molecule has 0 radical (unpaired) electrons. The normalized spacial score (nSPS) is 25.4. The van der Waals surface area contributed by atoms with Crippen molar-refractivity contribution in [3.05, 3.63) is 35.4 Å². The van der Waals surface area contributed by atoms with Crippen molar-refractivity contribution in [2.45, 2.75) is 69.9 Å². The molecule has 0 bridgehead atoms. The molecule has 6 heteroatoms. The molecule has 1 aromatic carbocycles. The van der Waals surface area contributed by atoms with Crippen molar-refractivity contribution in [3.8, 4) is 0 Å². The first-order valence-corrected chi connectivity index (χ1v) is 9.96. The van der Waals surface area contributed by atoms with Crippen LogP contribution in [0.1, 0.15) is 49.7 Å². The number of hydrogen-bond donors (Lipinski definition) is 2. The molecule has 150 valence electrons. The zero-order valence-corrected chi connectivity index (χ0v) is 16.0. The molecule has 2 amide bonds. The highest BCUT2D eigenvalue weighted by Gasteiger charge is 2.35. The van der Waals surface area contributed by atoms with Crippen LogP contribution in [0.5, 0.6) is 0 Å². The molecule has 0 atom stereocenters. The number of carbonyl (C=O) groups is 1. The summed E-state index contributed by atoms with van der Waals surface area (Å²) < 4.78 is 25.5. The molecule has 0 spiro atoms. The van der Waals surface area contributed by atoms with Crippen molar-refractivity contribution >= 4 is 6.03 Å². The minimum absolute atomic E-state index is 0.0133. The summed E-state index contributed by atoms with van der Waals surface area (Å²) in [6.07, 6.45) is 1.62. The van der Waals surface area contributed by atoms with Gasteiger partial charge >= 0.3 is 6.03 Å². The molecular formula is C21H30F2N2O2. The molecule has 2 N–H and O–H groups in total. The first-order chi connectivity index (χ1) is 12.8. The highest BCUT2D eigenvalue weighted by atomic mass is 19.3. The molecule has 1 aliphatic carbocycles. The molecule has 3 rings (SSSR count). The number of nitrogens with one attached hydrogen (secondary N) is 1. The molecule has 4 nitrogen and oxygen atoms in total. The summed E-state index contributed by atoms with van der Waals surface area (Å²) in [6.45, 7) is 3.07. The average Bonchev–Trinajstić information content (AvgIpc) is 2.62. The lowest BCUT2D eigenvalue weighted by Crippen LogP contribution is -2.52. The number of benzene rings is 1. The molecule has 1 saturated heterocycles. The van der Waals surface area contributed by atoms with Gasteiger partial charge in [-0.25, -0.2) is 13.6 Å². The Kier molecular flexibility index (Phi) is 6.35. The fourth-order valence-electron chi connectivity index (χ4n) is 4.29. The van der Waals surface area contributed by atoms with Crippen LogP contribution in [0.25, 0.3) is 0 Å². The van der Waals surface area contributed by atoms with Crippen molar-refractivity contribution in [3.63, 3.8) is 0 Å². The highest BCUT2D eigenvalue weighted by molar-refractivity contribution is 5.74. The van der Waals surface area contributed by atoms with Gasteiger partial charge in [0.2, 0.25) is 6.43 Å². The van der Waals surface area contributed by atoms with E-state index in [1.807, 2.05) is 25.1 Å². The Bertz CT molecular complexity index is 637. The van der Waals surface area contributed by atoms with E-state index in [4.69, 9.17) is 0 Å². The smallest absolute Gasteiger partial charge is 0.317 e. The lowest BCUT2D eigenvalue weighted by Gasteiger charge is -2.39. The number of alkyl halides is 2. The maximum Gasteiger partial charge on any atom is 0.317 e. The summed E-state index contributed by atoms with van der Waals surface area (Å²) >= 11 is 0. The number of halogens is 2. The molecular weight excluding hydrogens is 350 g/mol. The highest BCUT2D eigenvalue weighted by Crippen LogP contribution is 2.30. The Hall–Kier alpha value is -1.69. The van der Waals surface area contributed by atoms with E-state index in [0.717, 1.165) is 5.56 Å². The summed E-state index contributed by atoms with van der Waals surface area (Å²) in [6, 6.07) is 8.01. The van der Waals surface area contributed by atoms with E-state index in [9.17, 15) is 18.7 Å². The zero-order chi connectivity index (χ0) is 19.4. The van der Waals surface area contributed by atoms with Crippen LogP contribution < -0.4 is 5.32 Å². The quantitative estimate of drug-likeness (QED) is 0.832. The number of piperidine rings is 1. The van der Waals surface area contributed by atoms with Crippen LogP contribution >= 0.6 is 0 Å². The number of amides is 2. The first-order valence-electron chi connectivity index (χ1n) is 9.96. The van der Waals surface area contributed by atoms with Gasteiger partial charge in [-0.2, -0.15) is 0 Å². The van der Waals surface area contributed by atoms with Gasteiger partial charge in [-0.15, -0.1) is 0 Å². The van der Waals surface area contributed by atoms with Gasteiger partial charge in [0.25, 0.3) is 0 Å². The maximum absolute atomic E-state index is 12.7. The minimum atomic E-state index is -2.25. The van der Waals surface area contributed by atoms with Crippen molar-refractivity contribution in [1.29, 1.82) is 0 Å². The summed E-state index contributed by atoms with van der Waals surface area (Å²) in [5, 5.41) is 13.9. The number of rotatable bonds is 4. The van der Waals surface area contributed by atoms with E-state index in [1.165, 1.54) is 5.56 Å². The SMILES string of the molecule is Cc1cccc(CC2(O)CCN(C(=O)NC3CCC(C(F)F)CC3)CC2)c1. The summed E-state index contributed by atoms with van der Waals surface area (Å²) in [4.78, 5) is 14.2. The number of hydrogen-bond acceptors (Lipinski definition) is 2. The average molecular weight is 380 g/mol. The van der Waals surface area contributed by atoms with E-state index < -0.39 is 17.9 Å². The van der Waals surface area contributed by atoms with Gasteiger partial charge < -0.3 is 15.3 Å². The number of likely N-dealkylation sites (tertiary alicyclic amines) is 1. The maximum atomic E-state index is 12.7. The lowest BCUT2D eigenvalue weighted by atomic mass is 9.85. The van der Waals surface area contributed by atoms with Crippen LogP contribution in [0.4, 0.5) is 13.6 Å². The zero-order valence-electron chi connectivity index (χ0n) is 16.0. The van der Waals surface area contributed by atoms with Crippen molar-refractivity contribution in [2.75, 3.05) is 13.1 Å². The van der Waals surface area contributed by atoms with E-state index in [-0.39, 0.29) is 12.1 Å². The predicted molar refractivity (Wildman–Crippen MR) is 101 cm³/mol. The van der Waals surface area contributed by atoms with Gasteiger partial charge in [-0.05, 0) is 51.0 Å². The number of aryl methyl sites for hydroxylation is 1. The monoisotopic (exact) mass is 380 g/mol. The molecule has 1 aromatic rings. The number of nitrogens with zero attached hydrogens (tertiary/aromatic N) is 1. The second kappa shape index (κ2) is 8.55. The number of aliphatic hydroxyl groups is 1. The lowest BCUT2D eigenvalue weighted by molar-refractivity contribution is -0.0120. The third-order valence-electron chi connectivity index (χ3n) is 6.05. The van der Waals surface area contributed by atoms with E-state index in [0.29, 0.717) is 58.0 Å². The number of urea groups is 1. The Morgan fingerprint density at radius 2 is 1.93 bits per heavy atom. The van der Waals surface area contributed by atoms with E-state index >= 15 is 0 Å². The Morgan fingerprint density at radius 3 is 2.52 bits per heavy atom. The second-order valence-electron chi connectivity index (χ2n) is 8.27. The van der Waals surface area contributed by atoms with Gasteiger partial charge in [-0.1, -0.05) is 29.8 Å². The molecule has 27 heavy (non-hydrogen) atoms. The summed E-state index contributed by atoms with van der Waals surface area (Å²) in [5.41, 5.74) is 1.51. The van der Waals surface area contributed by atoms with E-state index in [1.54, 1.807) is 4.90 Å². The van der Waals surface area contributed by atoms with Crippen LogP contribution in [0.15, 0.2) is 24.3 Å². The third-order valence-corrected chi connectivity index (χ3v) is 6.05. The summed E-state index contributed by atoms with van der Waals surface area (Å²) in [7, 11) is 0. The van der Waals surface area contributed by atoms with Crippen molar-refractivity contribution in [1.82, 2.24) is 10.2 Å². The van der Waals surface area contributed by atoms with Gasteiger partial charge in [0.1, 0.15) is 0 Å². The molecule has 1 aliphatic heterocycles. The van der Waals surface area contributed by atoms with E-state index in [2.05, 4.69) is 11.4 Å².